The summed E-state index contributed by atoms with van der Waals surface area (Å²) < 4.78 is 36.8. The van der Waals surface area contributed by atoms with Gasteiger partial charge in [0, 0.05) is 19.0 Å². The lowest BCUT2D eigenvalue weighted by molar-refractivity contribution is -0.126. The molecule has 0 spiro atoms. The molecular formula is C14H20FN3O3S. The highest BCUT2D eigenvalue weighted by Crippen LogP contribution is 2.20. The minimum Gasteiger partial charge on any atom is -0.349 e. The Kier molecular flexibility index (Phi) is 5.15. The Bertz CT molecular complexity index is 642. The van der Waals surface area contributed by atoms with Gasteiger partial charge in [0.2, 0.25) is 5.91 Å². The van der Waals surface area contributed by atoms with Crippen LogP contribution in [0.15, 0.2) is 24.3 Å². The van der Waals surface area contributed by atoms with Crippen molar-refractivity contribution < 1.29 is 17.6 Å². The molecular weight excluding hydrogens is 309 g/mol. The predicted octanol–water partition coefficient (Wildman–Crippen LogP) is 0.918. The molecule has 1 heterocycles. The lowest BCUT2D eigenvalue weighted by Crippen LogP contribution is -2.45. The van der Waals surface area contributed by atoms with E-state index in [1.54, 1.807) is 19.1 Å². The highest BCUT2D eigenvalue weighted by Gasteiger charge is 2.29. The zero-order valence-corrected chi connectivity index (χ0v) is 13.1. The van der Waals surface area contributed by atoms with E-state index in [-0.39, 0.29) is 36.8 Å². The third-order valence-electron chi connectivity index (χ3n) is 3.89. The minimum atomic E-state index is -3.69. The van der Waals surface area contributed by atoms with E-state index in [2.05, 4.69) is 5.32 Å². The van der Waals surface area contributed by atoms with Crippen LogP contribution in [0.2, 0.25) is 0 Å². The molecule has 3 N–H and O–H groups in total. The van der Waals surface area contributed by atoms with E-state index in [9.17, 15) is 17.6 Å². The summed E-state index contributed by atoms with van der Waals surface area (Å²) in [6, 6.07) is 5.77. The van der Waals surface area contributed by atoms with Gasteiger partial charge in [-0.3, -0.25) is 4.79 Å². The molecule has 6 nitrogen and oxygen atoms in total. The Morgan fingerprint density at radius 3 is 2.59 bits per heavy atom. The first-order valence-electron chi connectivity index (χ1n) is 7.11. The Balaban J connectivity index is 1.91. The van der Waals surface area contributed by atoms with Gasteiger partial charge in [-0.1, -0.05) is 12.1 Å². The van der Waals surface area contributed by atoms with Crippen molar-refractivity contribution in [2.45, 2.75) is 25.8 Å². The van der Waals surface area contributed by atoms with E-state index in [1.165, 1.54) is 16.4 Å². The van der Waals surface area contributed by atoms with Crippen molar-refractivity contribution >= 4 is 16.1 Å². The van der Waals surface area contributed by atoms with Gasteiger partial charge in [0.15, 0.2) is 0 Å². The Morgan fingerprint density at radius 1 is 1.41 bits per heavy atom. The summed E-state index contributed by atoms with van der Waals surface area (Å²) in [5.74, 6) is -0.750. The van der Waals surface area contributed by atoms with Crippen LogP contribution in [0.1, 0.15) is 31.4 Å². The van der Waals surface area contributed by atoms with Gasteiger partial charge >= 0.3 is 0 Å². The fourth-order valence-electron chi connectivity index (χ4n) is 2.56. The molecule has 1 atom stereocenters. The second kappa shape index (κ2) is 6.72. The topological polar surface area (TPSA) is 92.5 Å². The van der Waals surface area contributed by atoms with E-state index in [0.717, 1.165) is 0 Å². The minimum absolute atomic E-state index is 0.147. The van der Waals surface area contributed by atoms with Gasteiger partial charge < -0.3 is 5.32 Å². The second-order valence-electron chi connectivity index (χ2n) is 5.50. The van der Waals surface area contributed by atoms with Crippen molar-refractivity contribution in [2.75, 3.05) is 13.1 Å². The van der Waals surface area contributed by atoms with Gasteiger partial charge in [-0.25, -0.2) is 9.53 Å². The molecule has 0 aliphatic carbocycles. The Labute approximate surface area is 129 Å². The van der Waals surface area contributed by atoms with Crippen LogP contribution in [-0.2, 0) is 15.0 Å². The average molecular weight is 329 g/mol. The molecule has 1 unspecified atom stereocenters. The molecule has 1 aliphatic rings. The molecule has 1 aliphatic heterocycles. The van der Waals surface area contributed by atoms with E-state index in [4.69, 9.17) is 5.14 Å². The highest BCUT2D eigenvalue weighted by molar-refractivity contribution is 7.86. The number of nitrogens with zero attached hydrogens (tertiary/aromatic N) is 1. The third-order valence-corrected chi connectivity index (χ3v) is 4.98. The van der Waals surface area contributed by atoms with E-state index in [0.29, 0.717) is 18.4 Å². The highest BCUT2D eigenvalue weighted by atomic mass is 32.2. The molecule has 0 aromatic heterocycles. The molecule has 1 fully saturated rings. The first-order valence-corrected chi connectivity index (χ1v) is 8.61. The molecule has 0 radical (unpaired) electrons. The third kappa shape index (κ3) is 4.25. The summed E-state index contributed by atoms with van der Waals surface area (Å²) >= 11 is 0. The summed E-state index contributed by atoms with van der Waals surface area (Å²) in [6.07, 6.45) is 0.857. The van der Waals surface area contributed by atoms with Crippen LogP contribution in [0.3, 0.4) is 0 Å². The van der Waals surface area contributed by atoms with E-state index in [1.807, 2.05) is 0 Å². The summed E-state index contributed by atoms with van der Waals surface area (Å²) in [5.41, 5.74) is 0.690. The maximum absolute atomic E-state index is 13.2. The molecule has 122 valence electrons. The van der Waals surface area contributed by atoms with Gasteiger partial charge in [0.05, 0.1) is 6.04 Å². The molecule has 2 rings (SSSR count). The number of carbonyl (C=O) groups is 1. The molecule has 1 saturated heterocycles. The SMILES string of the molecule is CC(NC(=O)C1CCN(S(N)(=O)=O)CC1)c1cccc(F)c1. The largest absolute Gasteiger partial charge is 0.349 e. The number of rotatable bonds is 4. The van der Waals surface area contributed by atoms with E-state index < -0.39 is 10.2 Å². The van der Waals surface area contributed by atoms with Gasteiger partial charge in [0.25, 0.3) is 10.2 Å². The number of piperidine rings is 1. The maximum Gasteiger partial charge on any atom is 0.276 e. The molecule has 22 heavy (non-hydrogen) atoms. The predicted molar refractivity (Wildman–Crippen MR) is 80.4 cm³/mol. The molecule has 1 aromatic carbocycles. The maximum atomic E-state index is 13.2. The van der Waals surface area contributed by atoms with Crippen molar-refractivity contribution in [3.63, 3.8) is 0 Å². The number of benzene rings is 1. The Hall–Kier alpha value is -1.51. The van der Waals surface area contributed by atoms with Crippen LogP contribution < -0.4 is 10.5 Å². The molecule has 0 bridgehead atoms. The first-order chi connectivity index (χ1) is 10.3. The van der Waals surface area contributed by atoms with Gasteiger partial charge in [-0.05, 0) is 37.5 Å². The van der Waals surface area contributed by atoms with Crippen molar-refractivity contribution in [1.82, 2.24) is 9.62 Å². The van der Waals surface area contributed by atoms with Gasteiger partial charge in [0.1, 0.15) is 5.82 Å². The normalized spacial score (nSPS) is 18.9. The fourth-order valence-corrected chi connectivity index (χ4v) is 3.28. The smallest absolute Gasteiger partial charge is 0.276 e. The zero-order valence-electron chi connectivity index (χ0n) is 12.3. The standard InChI is InChI=1S/C14H20FN3O3S/c1-10(12-3-2-4-13(15)9-12)17-14(19)11-5-7-18(8-6-11)22(16,20)21/h2-4,9-11H,5-8H2,1H3,(H,17,19)(H2,16,20,21). The summed E-state index contributed by atoms with van der Waals surface area (Å²) in [7, 11) is -3.69. The number of hydrogen-bond donors (Lipinski definition) is 2. The van der Waals surface area contributed by atoms with Gasteiger partial charge in [-0.15, -0.1) is 0 Å². The van der Waals surface area contributed by atoms with Crippen molar-refractivity contribution in [3.05, 3.63) is 35.6 Å². The van der Waals surface area contributed by atoms with Crippen LogP contribution in [0.5, 0.6) is 0 Å². The molecule has 1 amide bonds. The molecule has 8 heteroatoms. The fraction of sp³-hybridized carbons (Fsp3) is 0.500. The Morgan fingerprint density at radius 2 is 2.05 bits per heavy atom. The summed E-state index contributed by atoms with van der Waals surface area (Å²) in [5, 5.41) is 7.91. The average Bonchev–Trinajstić information content (AvgIpc) is 2.46. The monoisotopic (exact) mass is 329 g/mol. The molecule has 0 saturated carbocycles. The number of nitrogens with one attached hydrogen (secondary N) is 1. The number of amides is 1. The zero-order chi connectivity index (χ0) is 16.3. The van der Waals surface area contributed by atoms with Gasteiger partial charge in [-0.2, -0.15) is 12.7 Å². The number of nitrogens with two attached hydrogens (primary N) is 1. The van der Waals surface area contributed by atoms with Crippen LogP contribution in [0, 0.1) is 11.7 Å². The second-order valence-corrected chi connectivity index (χ2v) is 7.05. The summed E-state index contributed by atoms with van der Waals surface area (Å²) in [6.45, 7) is 2.27. The van der Waals surface area contributed by atoms with Crippen molar-refractivity contribution in [3.8, 4) is 0 Å². The van der Waals surface area contributed by atoms with E-state index >= 15 is 0 Å². The molecule has 1 aromatic rings. The number of halogens is 1. The van der Waals surface area contributed by atoms with Crippen LogP contribution >= 0.6 is 0 Å². The van der Waals surface area contributed by atoms with Crippen LogP contribution in [0.25, 0.3) is 0 Å². The lowest BCUT2D eigenvalue weighted by Gasteiger charge is -2.29. The lowest BCUT2D eigenvalue weighted by atomic mass is 9.96. The van der Waals surface area contributed by atoms with Crippen molar-refractivity contribution in [2.24, 2.45) is 11.1 Å². The summed E-state index contributed by atoms with van der Waals surface area (Å²) in [4.78, 5) is 12.2. The van der Waals surface area contributed by atoms with Crippen molar-refractivity contribution in [1.29, 1.82) is 0 Å². The van der Waals surface area contributed by atoms with Crippen LogP contribution in [-0.4, -0.2) is 31.7 Å². The first kappa shape index (κ1) is 16.9. The number of carbonyl (C=O) groups excluding carboxylic acids is 1. The van der Waals surface area contributed by atoms with Crippen LogP contribution in [0.4, 0.5) is 4.39 Å². The number of hydrogen-bond acceptors (Lipinski definition) is 3. The quantitative estimate of drug-likeness (QED) is 0.860.